The van der Waals surface area contributed by atoms with Gasteiger partial charge in [0.2, 0.25) is 5.91 Å². The lowest BCUT2D eigenvalue weighted by Crippen LogP contribution is -2.40. The van der Waals surface area contributed by atoms with Gasteiger partial charge in [-0.15, -0.1) is 0 Å². The summed E-state index contributed by atoms with van der Waals surface area (Å²) in [6.07, 6.45) is 8.13. The van der Waals surface area contributed by atoms with Gasteiger partial charge in [0.1, 0.15) is 0 Å². The maximum atomic E-state index is 11.1. The van der Waals surface area contributed by atoms with Crippen molar-refractivity contribution in [3.8, 4) is 0 Å². The number of likely N-dealkylation sites (N-methyl/N-ethyl adjacent to an activating group) is 1. The summed E-state index contributed by atoms with van der Waals surface area (Å²) in [5, 5.41) is 5.95. The van der Waals surface area contributed by atoms with Crippen molar-refractivity contribution >= 4 is 5.91 Å². The van der Waals surface area contributed by atoms with Crippen molar-refractivity contribution in [2.45, 2.75) is 51.5 Å². The van der Waals surface area contributed by atoms with Gasteiger partial charge in [0, 0.05) is 13.1 Å². The number of amides is 1. The quantitative estimate of drug-likeness (QED) is 0.696. The molecule has 0 saturated heterocycles. The van der Waals surface area contributed by atoms with Crippen LogP contribution >= 0.6 is 0 Å². The summed E-state index contributed by atoms with van der Waals surface area (Å²) in [5.41, 5.74) is 0. The summed E-state index contributed by atoms with van der Waals surface area (Å²) in [4.78, 5) is 11.1. The molecule has 2 N–H and O–H groups in total. The first-order chi connectivity index (χ1) is 7.24. The van der Waals surface area contributed by atoms with Gasteiger partial charge in [-0.2, -0.15) is 0 Å². The van der Waals surface area contributed by atoms with E-state index in [1.54, 1.807) is 7.05 Å². The minimum absolute atomic E-state index is 0.0791. The van der Waals surface area contributed by atoms with Crippen molar-refractivity contribution in [2.24, 2.45) is 5.92 Å². The monoisotopic (exact) mass is 212 g/mol. The summed E-state index contributed by atoms with van der Waals surface area (Å²) >= 11 is 0. The molecular formula is C12H24N2O. The fraction of sp³-hybridized carbons (Fsp3) is 0.917. The van der Waals surface area contributed by atoms with Gasteiger partial charge in [-0.3, -0.25) is 4.79 Å². The molecule has 15 heavy (non-hydrogen) atoms. The molecule has 3 heteroatoms. The predicted octanol–water partition coefficient (Wildman–Crippen LogP) is 1.68. The average molecular weight is 212 g/mol. The molecule has 1 aliphatic rings. The fourth-order valence-corrected chi connectivity index (χ4v) is 2.32. The smallest absolute Gasteiger partial charge is 0.233 e. The SMILES string of the molecule is CNC(=O)CN[C@@H](C)C1CCCCCC1. The van der Waals surface area contributed by atoms with E-state index in [0.29, 0.717) is 12.6 Å². The van der Waals surface area contributed by atoms with Gasteiger partial charge in [-0.25, -0.2) is 0 Å². The first-order valence-corrected chi connectivity index (χ1v) is 6.18. The highest BCUT2D eigenvalue weighted by atomic mass is 16.1. The second kappa shape index (κ2) is 6.83. The summed E-state index contributed by atoms with van der Waals surface area (Å²) in [6.45, 7) is 2.66. The molecule has 88 valence electrons. The normalized spacial score (nSPS) is 20.7. The van der Waals surface area contributed by atoms with Crippen LogP contribution in [-0.4, -0.2) is 25.5 Å². The Labute approximate surface area is 93.0 Å². The Hall–Kier alpha value is -0.570. The Morgan fingerprint density at radius 1 is 1.27 bits per heavy atom. The molecule has 0 heterocycles. The van der Waals surface area contributed by atoms with Crippen molar-refractivity contribution in [1.82, 2.24) is 10.6 Å². The van der Waals surface area contributed by atoms with Crippen LogP contribution in [0.15, 0.2) is 0 Å². The molecular weight excluding hydrogens is 188 g/mol. The molecule has 0 aliphatic heterocycles. The number of hydrogen-bond donors (Lipinski definition) is 2. The predicted molar refractivity (Wildman–Crippen MR) is 62.7 cm³/mol. The van der Waals surface area contributed by atoms with E-state index in [4.69, 9.17) is 0 Å². The number of hydrogen-bond acceptors (Lipinski definition) is 2. The molecule has 0 spiro atoms. The molecule has 0 aromatic rings. The summed E-state index contributed by atoms with van der Waals surface area (Å²) in [7, 11) is 1.68. The molecule has 0 radical (unpaired) electrons. The Kier molecular flexibility index (Phi) is 5.69. The van der Waals surface area contributed by atoms with E-state index in [0.717, 1.165) is 5.92 Å². The van der Waals surface area contributed by atoms with Gasteiger partial charge < -0.3 is 10.6 Å². The molecule has 0 aromatic carbocycles. The summed E-state index contributed by atoms with van der Waals surface area (Å²) in [5.74, 6) is 0.840. The first-order valence-electron chi connectivity index (χ1n) is 6.18. The van der Waals surface area contributed by atoms with Gasteiger partial charge in [0.15, 0.2) is 0 Å². The van der Waals surface area contributed by atoms with Gasteiger partial charge in [-0.05, 0) is 25.7 Å². The van der Waals surface area contributed by atoms with E-state index in [1.807, 2.05) is 0 Å². The Morgan fingerprint density at radius 3 is 2.40 bits per heavy atom. The molecule has 1 amide bonds. The van der Waals surface area contributed by atoms with E-state index in [1.165, 1.54) is 38.5 Å². The number of nitrogens with one attached hydrogen (secondary N) is 2. The van der Waals surface area contributed by atoms with Crippen LogP contribution in [0.4, 0.5) is 0 Å². The summed E-state index contributed by atoms with van der Waals surface area (Å²) in [6, 6.07) is 0.473. The highest BCUT2D eigenvalue weighted by molar-refractivity contribution is 5.77. The molecule has 0 aromatic heterocycles. The van der Waals surface area contributed by atoms with Crippen molar-refractivity contribution in [2.75, 3.05) is 13.6 Å². The Morgan fingerprint density at radius 2 is 1.87 bits per heavy atom. The molecule has 1 fully saturated rings. The zero-order valence-corrected chi connectivity index (χ0v) is 10.0. The molecule has 0 unspecified atom stereocenters. The van der Waals surface area contributed by atoms with Gasteiger partial charge in [0.05, 0.1) is 6.54 Å². The maximum absolute atomic E-state index is 11.1. The topological polar surface area (TPSA) is 41.1 Å². The third-order valence-electron chi connectivity index (χ3n) is 3.47. The van der Waals surface area contributed by atoms with Crippen molar-refractivity contribution in [3.05, 3.63) is 0 Å². The molecule has 3 nitrogen and oxygen atoms in total. The lowest BCUT2D eigenvalue weighted by atomic mass is 9.93. The second-order valence-electron chi connectivity index (χ2n) is 4.59. The number of rotatable bonds is 4. The zero-order chi connectivity index (χ0) is 11.1. The molecule has 1 saturated carbocycles. The van der Waals surface area contributed by atoms with E-state index in [2.05, 4.69) is 17.6 Å². The third kappa shape index (κ3) is 4.65. The molecule has 1 aliphatic carbocycles. The van der Waals surface area contributed by atoms with Crippen LogP contribution in [0.25, 0.3) is 0 Å². The lowest BCUT2D eigenvalue weighted by molar-refractivity contribution is -0.119. The third-order valence-corrected chi connectivity index (χ3v) is 3.47. The first kappa shape index (κ1) is 12.5. The molecule has 1 rings (SSSR count). The standard InChI is InChI=1S/C12H24N2O/c1-10(14-9-12(15)13-2)11-7-5-3-4-6-8-11/h10-11,14H,3-9H2,1-2H3,(H,13,15)/t10-/m0/s1. The maximum Gasteiger partial charge on any atom is 0.233 e. The van der Waals surface area contributed by atoms with E-state index < -0.39 is 0 Å². The molecule has 0 bridgehead atoms. The van der Waals surface area contributed by atoms with Gasteiger partial charge >= 0.3 is 0 Å². The molecule has 1 atom stereocenters. The van der Waals surface area contributed by atoms with Crippen LogP contribution in [0.3, 0.4) is 0 Å². The highest BCUT2D eigenvalue weighted by Gasteiger charge is 2.18. The van der Waals surface area contributed by atoms with Crippen molar-refractivity contribution in [1.29, 1.82) is 0 Å². The van der Waals surface area contributed by atoms with Crippen LogP contribution in [0, 0.1) is 5.92 Å². The largest absolute Gasteiger partial charge is 0.358 e. The lowest BCUT2D eigenvalue weighted by Gasteiger charge is -2.23. The number of carbonyl (C=O) groups is 1. The van der Waals surface area contributed by atoms with Crippen LogP contribution in [0.1, 0.15) is 45.4 Å². The van der Waals surface area contributed by atoms with Crippen LogP contribution < -0.4 is 10.6 Å². The van der Waals surface area contributed by atoms with Gasteiger partial charge in [0.25, 0.3) is 0 Å². The van der Waals surface area contributed by atoms with Gasteiger partial charge in [-0.1, -0.05) is 25.7 Å². The number of carbonyl (C=O) groups excluding carboxylic acids is 1. The van der Waals surface area contributed by atoms with E-state index >= 15 is 0 Å². The van der Waals surface area contributed by atoms with Crippen LogP contribution in [0.2, 0.25) is 0 Å². The summed E-state index contributed by atoms with van der Waals surface area (Å²) < 4.78 is 0. The highest BCUT2D eigenvalue weighted by Crippen LogP contribution is 2.25. The minimum Gasteiger partial charge on any atom is -0.358 e. The van der Waals surface area contributed by atoms with E-state index in [9.17, 15) is 4.79 Å². The average Bonchev–Trinajstić information content (AvgIpc) is 2.53. The Balaban J connectivity index is 2.24. The van der Waals surface area contributed by atoms with E-state index in [-0.39, 0.29) is 5.91 Å². The minimum atomic E-state index is 0.0791. The van der Waals surface area contributed by atoms with Crippen LogP contribution in [-0.2, 0) is 4.79 Å². The van der Waals surface area contributed by atoms with Crippen LogP contribution in [0.5, 0.6) is 0 Å². The van der Waals surface area contributed by atoms with Crippen molar-refractivity contribution < 1.29 is 4.79 Å². The fourth-order valence-electron chi connectivity index (χ4n) is 2.32. The zero-order valence-electron chi connectivity index (χ0n) is 10.0. The second-order valence-corrected chi connectivity index (χ2v) is 4.59. The Bertz CT molecular complexity index is 186. The van der Waals surface area contributed by atoms with Crippen molar-refractivity contribution in [3.63, 3.8) is 0 Å².